The zero-order valence-electron chi connectivity index (χ0n) is 10.5. The predicted octanol–water partition coefficient (Wildman–Crippen LogP) is 1.77. The first-order valence-corrected chi connectivity index (χ1v) is 5.70. The molecule has 6 heteroatoms. The van der Waals surface area contributed by atoms with E-state index in [1.165, 1.54) is 0 Å². The van der Waals surface area contributed by atoms with Crippen molar-refractivity contribution in [3.63, 3.8) is 0 Å². The molecule has 1 amide bonds. The lowest BCUT2D eigenvalue weighted by Gasteiger charge is -2.09. The van der Waals surface area contributed by atoms with Gasteiger partial charge in [0.05, 0.1) is 6.04 Å². The van der Waals surface area contributed by atoms with Crippen LogP contribution in [-0.2, 0) is 11.2 Å². The maximum Gasteiger partial charge on any atom is 0.242 e. The van der Waals surface area contributed by atoms with Gasteiger partial charge in [0.25, 0.3) is 0 Å². The Labute approximate surface area is 108 Å². The minimum Gasteiger partial charge on any atom is -0.320 e. The van der Waals surface area contributed by atoms with Crippen LogP contribution in [0.15, 0.2) is 0 Å². The van der Waals surface area contributed by atoms with Gasteiger partial charge < -0.3 is 11.1 Å². The molecule has 1 aromatic heterocycles. The zero-order chi connectivity index (χ0) is 12.1. The molecule has 1 rings (SSSR count). The Kier molecular flexibility index (Phi) is 6.83. The third-order valence-electron chi connectivity index (χ3n) is 2.64. The number of aromatic nitrogens is 2. The summed E-state index contributed by atoms with van der Waals surface area (Å²) < 4.78 is 0. The fourth-order valence-electron chi connectivity index (χ4n) is 1.55. The molecule has 1 heterocycles. The topological polar surface area (TPSA) is 83.8 Å². The van der Waals surface area contributed by atoms with Gasteiger partial charge in [0, 0.05) is 11.3 Å². The summed E-state index contributed by atoms with van der Waals surface area (Å²) >= 11 is 0. The van der Waals surface area contributed by atoms with Crippen LogP contribution < -0.4 is 11.1 Å². The van der Waals surface area contributed by atoms with Crippen LogP contribution in [0.25, 0.3) is 0 Å². The van der Waals surface area contributed by atoms with Crippen LogP contribution in [0.3, 0.4) is 0 Å². The molecule has 17 heavy (non-hydrogen) atoms. The van der Waals surface area contributed by atoms with Gasteiger partial charge in [0.2, 0.25) is 5.91 Å². The molecule has 0 fully saturated rings. The van der Waals surface area contributed by atoms with Crippen LogP contribution >= 0.6 is 12.4 Å². The van der Waals surface area contributed by atoms with Crippen molar-refractivity contribution in [3.8, 4) is 0 Å². The summed E-state index contributed by atoms with van der Waals surface area (Å²) in [5.74, 6) is 0.424. The van der Waals surface area contributed by atoms with Crippen molar-refractivity contribution in [2.75, 3.05) is 5.32 Å². The molecule has 5 nitrogen and oxygen atoms in total. The smallest absolute Gasteiger partial charge is 0.242 e. The van der Waals surface area contributed by atoms with Crippen molar-refractivity contribution in [2.24, 2.45) is 5.73 Å². The average Bonchev–Trinajstić information content (AvgIpc) is 2.60. The predicted molar refractivity (Wildman–Crippen MR) is 71.5 cm³/mol. The van der Waals surface area contributed by atoms with E-state index in [4.69, 9.17) is 5.73 Å². The SMILES string of the molecule is CCCC(N)C(=O)Nc1n[nH]c(CC)c1C.Cl. The lowest BCUT2D eigenvalue weighted by molar-refractivity contribution is -0.117. The molecule has 0 aromatic carbocycles. The van der Waals surface area contributed by atoms with Gasteiger partial charge in [-0.2, -0.15) is 5.10 Å². The zero-order valence-corrected chi connectivity index (χ0v) is 11.4. The third-order valence-corrected chi connectivity index (χ3v) is 2.64. The molecule has 1 atom stereocenters. The van der Waals surface area contributed by atoms with Crippen molar-refractivity contribution < 1.29 is 4.79 Å². The van der Waals surface area contributed by atoms with Crippen molar-refractivity contribution >= 4 is 24.1 Å². The molecule has 4 N–H and O–H groups in total. The van der Waals surface area contributed by atoms with Gasteiger partial charge in [-0.05, 0) is 19.8 Å². The Hall–Kier alpha value is -1.07. The van der Waals surface area contributed by atoms with E-state index in [1.54, 1.807) is 0 Å². The number of nitrogens with two attached hydrogens (primary N) is 1. The molecule has 0 aliphatic heterocycles. The normalized spacial score (nSPS) is 11.8. The second-order valence-corrected chi connectivity index (χ2v) is 3.91. The second-order valence-electron chi connectivity index (χ2n) is 3.91. The molecule has 0 radical (unpaired) electrons. The van der Waals surface area contributed by atoms with Crippen LogP contribution in [0.4, 0.5) is 5.82 Å². The summed E-state index contributed by atoms with van der Waals surface area (Å²) in [4.78, 5) is 11.7. The van der Waals surface area contributed by atoms with E-state index in [0.717, 1.165) is 24.1 Å². The summed E-state index contributed by atoms with van der Waals surface area (Å²) in [5.41, 5.74) is 7.74. The van der Waals surface area contributed by atoms with Gasteiger partial charge in [0.15, 0.2) is 5.82 Å². The van der Waals surface area contributed by atoms with E-state index in [2.05, 4.69) is 15.5 Å². The van der Waals surface area contributed by atoms with Crippen molar-refractivity contribution in [2.45, 2.75) is 46.1 Å². The van der Waals surface area contributed by atoms with Crippen LogP contribution in [0.5, 0.6) is 0 Å². The van der Waals surface area contributed by atoms with E-state index in [-0.39, 0.29) is 18.3 Å². The molecule has 0 bridgehead atoms. The number of carbonyl (C=O) groups is 1. The Balaban J connectivity index is 0.00000256. The molecule has 1 aromatic rings. The molecule has 0 aliphatic rings. The first-order chi connectivity index (χ1) is 7.60. The number of halogens is 1. The van der Waals surface area contributed by atoms with Crippen LogP contribution in [0.2, 0.25) is 0 Å². The van der Waals surface area contributed by atoms with Gasteiger partial charge in [0.1, 0.15) is 0 Å². The molecule has 0 saturated carbocycles. The van der Waals surface area contributed by atoms with E-state index in [9.17, 15) is 4.79 Å². The molecule has 0 aliphatic carbocycles. The van der Waals surface area contributed by atoms with Crippen LogP contribution in [0.1, 0.15) is 37.9 Å². The van der Waals surface area contributed by atoms with Gasteiger partial charge >= 0.3 is 0 Å². The third kappa shape index (κ3) is 4.02. The summed E-state index contributed by atoms with van der Waals surface area (Å²) in [6.07, 6.45) is 2.46. The number of hydrogen-bond donors (Lipinski definition) is 3. The highest BCUT2D eigenvalue weighted by molar-refractivity contribution is 5.94. The molecular formula is C11H21ClN4O. The molecule has 98 valence electrons. The largest absolute Gasteiger partial charge is 0.320 e. The number of aryl methyl sites for hydroxylation is 1. The summed E-state index contributed by atoms with van der Waals surface area (Å²) in [6, 6.07) is -0.453. The first-order valence-electron chi connectivity index (χ1n) is 5.70. The summed E-state index contributed by atoms with van der Waals surface area (Å²) in [5, 5.41) is 9.69. The average molecular weight is 261 g/mol. The lowest BCUT2D eigenvalue weighted by atomic mass is 10.1. The quantitative estimate of drug-likeness (QED) is 0.754. The number of carbonyl (C=O) groups excluding carboxylic acids is 1. The highest BCUT2D eigenvalue weighted by atomic mass is 35.5. The molecular weight excluding hydrogens is 240 g/mol. The van der Waals surface area contributed by atoms with Gasteiger partial charge in [-0.15, -0.1) is 12.4 Å². The molecule has 1 unspecified atom stereocenters. The summed E-state index contributed by atoms with van der Waals surface area (Å²) in [6.45, 7) is 5.97. The number of hydrogen-bond acceptors (Lipinski definition) is 3. The van der Waals surface area contributed by atoms with E-state index in [1.807, 2.05) is 20.8 Å². The van der Waals surface area contributed by atoms with Crippen molar-refractivity contribution in [1.29, 1.82) is 0 Å². The van der Waals surface area contributed by atoms with E-state index >= 15 is 0 Å². The summed E-state index contributed by atoms with van der Waals surface area (Å²) in [7, 11) is 0. The molecule has 0 spiro atoms. The number of nitrogens with zero attached hydrogens (tertiary/aromatic N) is 1. The lowest BCUT2D eigenvalue weighted by Crippen LogP contribution is -2.35. The number of rotatable bonds is 5. The van der Waals surface area contributed by atoms with Crippen molar-refractivity contribution in [1.82, 2.24) is 10.2 Å². The minimum absolute atomic E-state index is 0. The number of H-pyrrole nitrogens is 1. The maximum atomic E-state index is 11.7. The second kappa shape index (κ2) is 7.29. The highest BCUT2D eigenvalue weighted by Crippen LogP contribution is 2.15. The van der Waals surface area contributed by atoms with Gasteiger partial charge in [-0.1, -0.05) is 20.3 Å². The van der Waals surface area contributed by atoms with Crippen LogP contribution in [-0.4, -0.2) is 22.1 Å². The number of nitrogens with one attached hydrogen (secondary N) is 2. The minimum atomic E-state index is -0.453. The number of amides is 1. The van der Waals surface area contributed by atoms with Gasteiger partial charge in [-0.25, -0.2) is 0 Å². The van der Waals surface area contributed by atoms with E-state index in [0.29, 0.717) is 12.2 Å². The highest BCUT2D eigenvalue weighted by Gasteiger charge is 2.15. The van der Waals surface area contributed by atoms with Crippen molar-refractivity contribution in [3.05, 3.63) is 11.3 Å². The standard InChI is InChI=1S/C11H20N4O.ClH/c1-4-6-8(12)11(16)13-10-7(3)9(5-2)14-15-10;/h8H,4-6,12H2,1-3H3,(H2,13,14,15,16);1H. The number of aromatic amines is 1. The monoisotopic (exact) mass is 260 g/mol. The fourth-order valence-corrected chi connectivity index (χ4v) is 1.55. The van der Waals surface area contributed by atoms with Crippen LogP contribution in [0, 0.1) is 6.92 Å². The Morgan fingerprint density at radius 2 is 2.18 bits per heavy atom. The van der Waals surface area contributed by atoms with Gasteiger partial charge in [-0.3, -0.25) is 9.89 Å². The fraction of sp³-hybridized carbons (Fsp3) is 0.636. The maximum absolute atomic E-state index is 11.7. The van der Waals surface area contributed by atoms with E-state index < -0.39 is 6.04 Å². The number of anilines is 1. The Bertz CT molecular complexity index is 364. The Morgan fingerprint density at radius 1 is 1.53 bits per heavy atom. The first kappa shape index (κ1) is 15.9. The molecule has 0 saturated heterocycles. The Morgan fingerprint density at radius 3 is 2.65 bits per heavy atom.